The Labute approximate surface area is 206 Å². The van der Waals surface area contributed by atoms with Crippen LogP contribution in [0.4, 0.5) is 0 Å². The summed E-state index contributed by atoms with van der Waals surface area (Å²) in [6.45, 7) is 6.18. The Kier molecular flexibility index (Phi) is 7.70. The number of carbonyl (C=O) groups excluding carboxylic acids is 1. The molecular formula is C27H44N2O4S. The number of nitriles is 1. The maximum absolute atomic E-state index is 14.4. The van der Waals surface area contributed by atoms with Gasteiger partial charge in [0, 0.05) is 17.5 Å². The summed E-state index contributed by atoms with van der Waals surface area (Å²) < 4.78 is 36.7. The van der Waals surface area contributed by atoms with Crippen LogP contribution in [0.25, 0.3) is 0 Å². The Balaban J connectivity index is 1.64. The van der Waals surface area contributed by atoms with E-state index in [9.17, 15) is 18.5 Å². The first kappa shape index (κ1) is 25.9. The van der Waals surface area contributed by atoms with Crippen LogP contribution in [-0.2, 0) is 19.6 Å². The number of ether oxygens (including phenoxy) is 1. The van der Waals surface area contributed by atoms with Crippen molar-refractivity contribution in [2.75, 3.05) is 5.75 Å². The van der Waals surface area contributed by atoms with Gasteiger partial charge in [-0.3, -0.25) is 4.79 Å². The number of rotatable bonds is 8. The van der Waals surface area contributed by atoms with Crippen LogP contribution >= 0.6 is 0 Å². The van der Waals surface area contributed by atoms with Gasteiger partial charge >= 0.3 is 5.97 Å². The number of hydrogen-bond donors (Lipinski definition) is 0. The molecule has 0 amide bonds. The molecule has 4 saturated carbocycles. The molecule has 0 spiro atoms. The first-order valence-electron chi connectivity index (χ1n) is 13.8. The second-order valence-electron chi connectivity index (χ2n) is 12.0. The predicted octanol–water partition coefficient (Wildman–Crippen LogP) is 5.57. The summed E-state index contributed by atoms with van der Waals surface area (Å²) in [5, 5.41) is 9.36. The Bertz CT molecular complexity index is 865. The molecule has 0 heterocycles. The summed E-state index contributed by atoms with van der Waals surface area (Å²) in [6, 6.07) is 2.28. The van der Waals surface area contributed by atoms with Gasteiger partial charge in [-0.2, -0.15) is 9.57 Å². The van der Waals surface area contributed by atoms with Gasteiger partial charge in [-0.25, -0.2) is 8.42 Å². The second kappa shape index (κ2) is 10.1. The van der Waals surface area contributed by atoms with Crippen molar-refractivity contribution in [2.24, 2.45) is 22.7 Å². The van der Waals surface area contributed by atoms with E-state index in [1.54, 1.807) is 0 Å². The predicted molar refractivity (Wildman–Crippen MR) is 132 cm³/mol. The quantitative estimate of drug-likeness (QED) is 0.413. The van der Waals surface area contributed by atoms with Crippen LogP contribution in [-0.4, -0.2) is 42.6 Å². The fraction of sp³-hybridized carbons (Fsp3) is 0.926. The molecule has 4 rings (SSSR count). The number of nitrogens with zero attached hydrogens (tertiary/aromatic N) is 2. The van der Waals surface area contributed by atoms with Crippen molar-refractivity contribution in [1.82, 2.24) is 4.31 Å². The zero-order chi connectivity index (χ0) is 24.6. The molecular weight excluding hydrogens is 448 g/mol. The summed E-state index contributed by atoms with van der Waals surface area (Å²) in [4.78, 5) is 12.8. The molecule has 0 unspecified atom stereocenters. The zero-order valence-electron chi connectivity index (χ0n) is 21.4. The number of esters is 1. The molecule has 2 bridgehead atoms. The normalized spacial score (nSPS) is 33.0. The van der Waals surface area contributed by atoms with E-state index >= 15 is 0 Å². The van der Waals surface area contributed by atoms with Gasteiger partial charge in [-0.05, 0) is 62.7 Å². The zero-order valence-corrected chi connectivity index (χ0v) is 22.2. The van der Waals surface area contributed by atoms with E-state index in [4.69, 9.17) is 4.74 Å². The molecule has 4 aliphatic carbocycles. The molecule has 7 heteroatoms. The van der Waals surface area contributed by atoms with Crippen molar-refractivity contribution in [1.29, 1.82) is 5.26 Å². The maximum atomic E-state index is 14.4. The van der Waals surface area contributed by atoms with Gasteiger partial charge in [-0.15, -0.1) is 0 Å². The van der Waals surface area contributed by atoms with E-state index in [1.807, 2.05) is 11.2 Å². The highest BCUT2D eigenvalue weighted by Gasteiger charge is 2.67. The van der Waals surface area contributed by atoms with Crippen LogP contribution in [0.1, 0.15) is 111 Å². The Hall–Kier alpha value is -1.13. The fourth-order valence-corrected chi connectivity index (χ4v) is 10.7. The third-order valence-corrected chi connectivity index (χ3v) is 12.2. The molecule has 4 atom stereocenters. The lowest BCUT2D eigenvalue weighted by atomic mass is 9.69. The highest BCUT2D eigenvalue weighted by Crippen LogP contribution is 2.67. The van der Waals surface area contributed by atoms with E-state index in [2.05, 4.69) is 19.9 Å². The van der Waals surface area contributed by atoms with Crippen molar-refractivity contribution in [3.63, 3.8) is 0 Å². The molecule has 0 aliphatic heterocycles. The van der Waals surface area contributed by atoms with E-state index in [1.165, 1.54) is 12.8 Å². The average molecular weight is 493 g/mol. The molecule has 192 valence electrons. The molecule has 6 nitrogen and oxygen atoms in total. The summed E-state index contributed by atoms with van der Waals surface area (Å²) in [5.41, 5.74) is -0.800. The van der Waals surface area contributed by atoms with Crippen molar-refractivity contribution in [2.45, 2.75) is 129 Å². The highest BCUT2D eigenvalue weighted by atomic mass is 32.2. The first-order valence-corrected chi connectivity index (χ1v) is 15.4. The smallest absolute Gasteiger partial charge is 0.323 e. The van der Waals surface area contributed by atoms with E-state index in [0.717, 1.165) is 64.2 Å². The number of fused-ring (bicyclic) bond motifs is 2. The van der Waals surface area contributed by atoms with Crippen molar-refractivity contribution in [3.05, 3.63) is 0 Å². The molecule has 34 heavy (non-hydrogen) atoms. The topological polar surface area (TPSA) is 87.5 Å². The van der Waals surface area contributed by atoms with Crippen LogP contribution in [0.2, 0.25) is 0 Å². The van der Waals surface area contributed by atoms with Crippen molar-refractivity contribution in [3.8, 4) is 6.07 Å². The largest absolute Gasteiger partial charge is 0.461 e. The van der Waals surface area contributed by atoms with E-state index in [0.29, 0.717) is 18.8 Å². The Morgan fingerprint density at radius 2 is 1.59 bits per heavy atom. The number of hydrogen-bond acceptors (Lipinski definition) is 5. The lowest BCUT2D eigenvalue weighted by Gasteiger charge is -2.46. The molecule has 4 aliphatic rings. The van der Waals surface area contributed by atoms with Gasteiger partial charge in [0.15, 0.2) is 0 Å². The van der Waals surface area contributed by atoms with Gasteiger partial charge < -0.3 is 4.74 Å². The minimum Gasteiger partial charge on any atom is -0.461 e. The molecule has 0 aromatic heterocycles. The molecule has 0 saturated heterocycles. The van der Waals surface area contributed by atoms with Crippen LogP contribution < -0.4 is 0 Å². The van der Waals surface area contributed by atoms with Gasteiger partial charge in [0.25, 0.3) is 0 Å². The monoisotopic (exact) mass is 492 g/mol. The summed E-state index contributed by atoms with van der Waals surface area (Å²) in [5.74, 6) is -0.846. The summed E-state index contributed by atoms with van der Waals surface area (Å²) in [6.07, 6.45) is 13.1. The lowest BCUT2D eigenvalue weighted by Crippen LogP contribution is -2.54. The fourth-order valence-electron chi connectivity index (χ4n) is 7.86. The number of sulfonamides is 1. The third-order valence-electron chi connectivity index (χ3n) is 10.1. The SMILES string of the molecule is CC[C@H](C#N)C(=O)O[C@@H]1C[C@H]2CC[C@]1(CS(=O)(=O)N(C1CCCCC1)C1CCCCC1)C2(C)C. The highest BCUT2D eigenvalue weighted by molar-refractivity contribution is 7.89. The summed E-state index contributed by atoms with van der Waals surface area (Å²) in [7, 11) is -3.54. The van der Waals surface area contributed by atoms with Gasteiger partial charge in [0.2, 0.25) is 10.0 Å². The molecule has 0 aromatic carbocycles. The van der Waals surface area contributed by atoms with Crippen LogP contribution in [0.15, 0.2) is 0 Å². The minimum atomic E-state index is -3.54. The number of carbonyl (C=O) groups is 1. The third kappa shape index (κ3) is 4.54. The standard InChI is InChI=1S/C27H44N2O4S/c1-4-20(18-28)25(30)33-24-17-21-15-16-27(24,26(21,2)3)19-34(31,32)29(22-11-7-5-8-12-22)23-13-9-6-10-14-23/h20-24H,4-17,19H2,1-3H3/t20-,21-,24-,27-/m1/s1. The summed E-state index contributed by atoms with van der Waals surface area (Å²) >= 11 is 0. The lowest BCUT2D eigenvalue weighted by molar-refractivity contribution is -0.159. The van der Waals surface area contributed by atoms with Crippen LogP contribution in [0, 0.1) is 34.0 Å². The molecule has 4 fully saturated rings. The molecule has 0 aromatic rings. The Morgan fingerprint density at radius 3 is 2.06 bits per heavy atom. The van der Waals surface area contributed by atoms with Gasteiger partial charge in [-0.1, -0.05) is 59.3 Å². The van der Waals surface area contributed by atoms with Crippen LogP contribution in [0.5, 0.6) is 0 Å². The van der Waals surface area contributed by atoms with Gasteiger partial charge in [0.1, 0.15) is 12.0 Å². The second-order valence-corrected chi connectivity index (χ2v) is 13.9. The minimum absolute atomic E-state index is 0.0673. The maximum Gasteiger partial charge on any atom is 0.323 e. The van der Waals surface area contributed by atoms with Crippen LogP contribution in [0.3, 0.4) is 0 Å². The molecule has 0 radical (unpaired) electrons. The van der Waals surface area contributed by atoms with Gasteiger partial charge in [0.05, 0.1) is 11.8 Å². The first-order chi connectivity index (χ1) is 16.2. The van der Waals surface area contributed by atoms with Crippen molar-refractivity contribution < 1.29 is 17.9 Å². The molecule has 0 N–H and O–H groups in total. The van der Waals surface area contributed by atoms with Crippen molar-refractivity contribution >= 4 is 16.0 Å². The van der Waals surface area contributed by atoms with E-state index in [-0.39, 0.29) is 23.3 Å². The average Bonchev–Trinajstić information content (AvgIpc) is 3.16. The van der Waals surface area contributed by atoms with E-state index < -0.39 is 33.4 Å². The Morgan fingerprint density at radius 1 is 1.03 bits per heavy atom.